The predicted molar refractivity (Wildman–Crippen MR) is 198 cm³/mol. The molecule has 4 aromatic carbocycles. The Balaban J connectivity index is 1.55. The van der Waals surface area contributed by atoms with Crippen LogP contribution in [0.4, 0.5) is 5.69 Å². The highest BCUT2D eigenvalue weighted by Crippen LogP contribution is 2.35. The van der Waals surface area contributed by atoms with E-state index in [0.29, 0.717) is 41.1 Å². The lowest BCUT2D eigenvalue weighted by molar-refractivity contribution is 0.0424. The highest BCUT2D eigenvalue weighted by Gasteiger charge is 2.28. The number of nitrogens with zero attached hydrogens (tertiary/aromatic N) is 2. The van der Waals surface area contributed by atoms with E-state index in [9.17, 15) is 44.0 Å². The van der Waals surface area contributed by atoms with Crippen LogP contribution in [0.15, 0.2) is 147 Å². The summed E-state index contributed by atoms with van der Waals surface area (Å²) in [5, 5.41) is 11.4. The van der Waals surface area contributed by atoms with Crippen molar-refractivity contribution in [3.63, 3.8) is 0 Å². The first-order valence-electron chi connectivity index (χ1n) is 15.9. The minimum atomic E-state index is -4.65. The number of anilines is 1. The van der Waals surface area contributed by atoms with Crippen LogP contribution in [0, 0.1) is 0 Å². The standard InChI is InChI=1S/C37H36N2O10S3/c1-3-37(40,29-10-8-12-33(24-29)51(44,45)46)38-30-19-15-27(16-20-30)36(34-13-5-6-14-35(34)52(47,48)49)28-17-21-31(22-18-28)39(4-2)25-26-9-7-11-32(23-26)50(41,42)43/h5-24,40H,3-4,25H2,1-2H3,(H,41,42,43)(H,44,45,46)(H,47,48,49). The molecule has 15 heteroatoms. The third kappa shape index (κ3) is 8.82. The monoisotopic (exact) mass is 764 g/mol. The van der Waals surface area contributed by atoms with Crippen LogP contribution in [0.2, 0.25) is 0 Å². The van der Waals surface area contributed by atoms with Gasteiger partial charge in [0.25, 0.3) is 30.4 Å². The van der Waals surface area contributed by atoms with Gasteiger partial charge in [-0.05, 0) is 90.2 Å². The molecule has 272 valence electrons. The molecule has 0 saturated carbocycles. The summed E-state index contributed by atoms with van der Waals surface area (Å²) in [6.07, 6.45) is 6.62. The van der Waals surface area contributed by atoms with Crippen LogP contribution >= 0.6 is 0 Å². The fourth-order valence-corrected chi connectivity index (χ4v) is 7.57. The number of rotatable bonds is 12. The molecular formula is C37H36N2O10S3. The van der Waals surface area contributed by atoms with E-state index in [-0.39, 0.29) is 27.3 Å². The number of aliphatic imine (C=N–C) groups is 1. The Hall–Kier alpha value is -4.74. The summed E-state index contributed by atoms with van der Waals surface area (Å²) in [6.45, 7) is 4.47. The van der Waals surface area contributed by atoms with Crippen LogP contribution in [0.3, 0.4) is 0 Å². The Labute approximate surface area is 303 Å². The van der Waals surface area contributed by atoms with Crippen molar-refractivity contribution < 1.29 is 44.0 Å². The van der Waals surface area contributed by atoms with Gasteiger partial charge in [-0.25, -0.2) is 4.99 Å². The van der Waals surface area contributed by atoms with Gasteiger partial charge >= 0.3 is 0 Å². The molecule has 1 atom stereocenters. The molecule has 1 aliphatic rings. The van der Waals surface area contributed by atoms with E-state index >= 15 is 0 Å². The van der Waals surface area contributed by atoms with Gasteiger partial charge in [0.05, 0.1) is 15.5 Å². The first-order chi connectivity index (χ1) is 24.4. The lowest BCUT2D eigenvalue weighted by Crippen LogP contribution is -2.24. The molecule has 4 aromatic rings. The molecule has 52 heavy (non-hydrogen) atoms. The maximum atomic E-state index is 12.5. The molecule has 0 aliphatic heterocycles. The molecule has 0 saturated heterocycles. The van der Waals surface area contributed by atoms with Gasteiger partial charge in [-0.3, -0.25) is 13.7 Å². The van der Waals surface area contributed by atoms with Crippen LogP contribution in [-0.4, -0.2) is 56.3 Å². The van der Waals surface area contributed by atoms with Crippen LogP contribution in [-0.2, 0) is 42.6 Å². The van der Waals surface area contributed by atoms with Crippen LogP contribution in [0.1, 0.15) is 42.5 Å². The van der Waals surface area contributed by atoms with Crippen molar-refractivity contribution in [1.82, 2.24) is 0 Å². The molecule has 0 spiro atoms. The Kier molecular flexibility index (Phi) is 11.2. The highest BCUT2D eigenvalue weighted by molar-refractivity contribution is 7.86. The third-order valence-electron chi connectivity index (χ3n) is 8.46. The van der Waals surface area contributed by atoms with Crippen molar-refractivity contribution in [3.05, 3.63) is 149 Å². The molecule has 0 bridgehead atoms. The molecule has 5 rings (SSSR count). The van der Waals surface area contributed by atoms with Gasteiger partial charge in [0.1, 0.15) is 4.90 Å². The zero-order valence-corrected chi connectivity index (χ0v) is 30.5. The average Bonchev–Trinajstić information content (AvgIpc) is 3.11. The normalized spacial score (nSPS) is 14.6. The molecule has 1 aliphatic carbocycles. The number of hydrogen-bond acceptors (Lipinski definition) is 9. The zero-order chi connectivity index (χ0) is 37.9. The molecule has 0 aromatic heterocycles. The average molecular weight is 765 g/mol. The zero-order valence-electron chi connectivity index (χ0n) is 28.0. The Morgan fingerprint density at radius 3 is 1.87 bits per heavy atom. The van der Waals surface area contributed by atoms with E-state index in [0.717, 1.165) is 11.8 Å². The van der Waals surface area contributed by atoms with Gasteiger partial charge < -0.3 is 10.0 Å². The van der Waals surface area contributed by atoms with Gasteiger partial charge in [-0.1, -0.05) is 73.7 Å². The smallest absolute Gasteiger partial charge is 0.295 e. The lowest BCUT2D eigenvalue weighted by Gasteiger charge is -2.25. The Morgan fingerprint density at radius 2 is 1.29 bits per heavy atom. The molecular weight excluding hydrogens is 729 g/mol. The summed E-state index contributed by atoms with van der Waals surface area (Å²) in [6, 6.07) is 24.5. The molecule has 1 unspecified atom stereocenters. The van der Waals surface area contributed by atoms with Crippen molar-refractivity contribution in [2.75, 3.05) is 11.4 Å². The lowest BCUT2D eigenvalue weighted by atomic mass is 9.90. The summed E-state index contributed by atoms with van der Waals surface area (Å²) in [4.78, 5) is 5.55. The van der Waals surface area contributed by atoms with Gasteiger partial charge in [0.15, 0.2) is 5.72 Å². The fraction of sp³-hybridized carbons (Fsp3) is 0.162. The van der Waals surface area contributed by atoms with Gasteiger partial charge in [-0.15, -0.1) is 0 Å². The predicted octanol–water partition coefficient (Wildman–Crippen LogP) is 6.08. The third-order valence-corrected chi connectivity index (χ3v) is 11.1. The number of hydrogen-bond donors (Lipinski definition) is 4. The molecule has 0 heterocycles. The Morgan fingerprint density at radius 1 is 0.692 bits per heavy atom. The summed E-state index contributed by atoms with van der Waals surface area (Å²) in [7, 11) is -13.6. The highest BCUT2D eigenvalue weighted by atomic mass is 32.2. The van der Waals surface area contributed by atoms with Gasteiger partial charge in [-0.2, -0.15) is 25.3 Å². The van der Waals surface area contributed by atoms with Crippen molar-refractivity contribution in [1.29, 1.82) is 0 Å². The van der Waals surface area contributed by atoms with Crippen LogP contribution in [0.25, 0.3) is 5.57 Å². The maximum Gasteiger partial charge on any atom is 0.295 e. The second-order valence-electron chi connectivity index (χ2n) is 11.9. The maximum absolute atomic E-state index is 12.5. The first-order valence-corrected chi connectivity index (χ1v) is 20.2. The second kappa shape index (κ2) is 15.1. The molecule has 0 fully saturated rings. The van der Waals surface area contributed by atoms with Crippen molar-refractivity contribution in [2.45, 2.75) is 47.2 Å². The van der Waals surface area contributed by atoms with Crippen molar-refractivity contribution >= 4 is 47.3 Å². The molecule has 4 N–H and O–H groups in total. The quantitative estimate of drug-likeness (QED) is 0.122. The van der Waals surface area contributed by atoms with E-state index in [1.54, 1.807) is 67.6 Å². The van der Waals surface area contributed by atoms with E-state index in [1.165, 1.54) is 42.5 Å². The van der Waals surface area contributed by atoms with E-state index in [2.05, 4.69) is 4.99 Å². The minimum Gasteiger partial charge on any atom is -0.367 e. The van der Waals surface area contributed by atoms with E-state index in [4.69, 9.17) is 0 Å². The largest absolute Gasteiger partial charge is 0.367 e. The van der Waals surface area contributed by atoms with Crippen molar-refractivity contribution in [3.8, 4) is 0 Å². The van der Waals surface area contributed by atoms with Gasteiger partial charge in [0, 0.05) is 29.9 Å². The minimum absolute atomic E-state index is 0.0654. The number of allylic oxidation sites excluding steroid dienone is 5. The molecule has 12 nitrogen and oxygen atoms in total. The van der Waals surface area contributed by atoms with Crippen LogP contribution in [0.5, 0.6) is 0 Å². The SMILES string of the molecule is CCN(Cc1cccc(S(=O)(=O)O)c1)c1ccc(C(=C2C=CC(=NC(O)(CC)c3cccc(S(=O)(=O)O)c3)C=C2)c2ccccc2S(=O)(=O)O)cc1. The molecule has 0 radical (unpaired) electrons. The Bertz CT molecular complexity index is 2440. The topological polar surface area (TPSA) is 199 Å². The molecule has 0 amide bonds. The summed E-state index contributed by atoms with van der Waals surface area (Å²) in [5.74, 6) is 0. The van der Waals surface area contributed by atoms with Gasteiger partial charge in [0.2, 0.25) is 0 Å². The summed E-state index contributed by atoms with van der Waals surface area (Å²) < 4.78 is 101. The second-order valence-corrected chi connectivity index (χ2v) is 16.1. The number of aliphatic hydroxyl groups is 1. The summed E-state index contributed by atoms with van der Waals surface area (Å²) in [5.41, 5.74) is 1.88. The van der Waals surface area contributed by atoms with Crippen molar-refractivity contribution in [2.24, 2.45) is 4.99 Å². The van der Waals surface area contributed by atoms with E-state index < -0.39 is 41.0 Å². The first kappa shape index (κ1) is 38.5. The van der Waals surface area contributed by atoms with Crippen LogP contribution < -0.4 is 4.90 Å². The van der Waals surface area contributed by atoms with E-state index in [1.807, 2.05) is 24.0 Å². The summed E-state index contributed by atoms with van der Waals surface area (Å²) >= 11 is 0. The number of benzene rings is 4. The fourth-order valence-electron chi connectivity index (χ4n) is 5.79.